The summed E-state index contributed by atoms with van der Waals surface area (Å²) in [4.78, 5) is 24.6. The Morgan fingerprint density at radius 1 is 1.04 bits per heavy atom. The van der Waals surface area contributed by atoms with Gasteiger partial charge in [0.05, 0.1) is 0 Å². The molecule has 1 saturated heterocycles. The predicted molar refractivity (Wildman–Crippen MR) is 104 cm³/mol. The number of carbonyl (C=O) groups is 2. The zero-order chi connectivity index (χ0) is 18.4. The molecule has 2 aromatic carbocycles. The molecule has 1 unspecified atom stereocenters. The number of hydrogen-bond acceptors (Lipinski definition) is 3. The number of nitrogens with one attached hydrogen (secondary N) is 3. The van der Waals surface area contributed by atoms with Crippen LogP contribution in [0.1, 0.15) is 35.2 Å². The van der Waals surface area contributed by atoms with E-state index in [2.05, 4.69) is 16.0 Å². The topological polar surface area (TPSA) is 70.2 Å². The van der Waals surface area contributed by atoms with Crippen LogP contribution in [0.25, 0.3) is 0 Å². The van der Waals surface area contributed by atoms with E-state index in [9.17, 15) is 9.59 Å². The van der Waals surface area contributed by atoms with Crippen molar-refractivity contribution in [3.05, 3.63) is 59.7 Å². The standard InChI is InChI=1S/C21H25N3O2/c1-15-18(23-20(25)11-10-16-12-13-22-14-16)8-5-9-19(15)24-21(26)17-6-3-2-4-7-17/h2-9,16,22H,10-14H2,1H3,(H,23,25)(H,24,26). The monoisotopic (exact) mass is 351 g/mol. The SMILES string of the molecule is Cc1c(NC(=O)CCC2CCNC2)cccc1NC(=O)c1ccccc1. The molecule has 5 nitrogen and oxygen atoms in total. The molecule has 1 heterocycles. The third kappa shape index (κ3) is 4.70. The van der Waals surface area contributed by atoms with Crippen LogP contribution in [-0.4, -0.2) is 24.9 Å². The molecule has 3 rings (SSSR count). The average Bonchev–Trinajstić information content (AvgIpc) is 3.17. The summed E-state index contributed by atoms with van der Waals surface area (Å²) in [6.45, 7) is 3.96. The van der Waals surface area contributed by atoms with E-state index in [1.165, 1.54) is 0 Å². The molecule has 136 valence electrons. The van der Waals surface area contributed by atoms with E-state index < -0.39 is 0 Å². The second kappa shape index (κ2) is 8.63. The Kier molecular flexibility index (Phi) is 6.02. The van der Waals surface area contributed by atoms with E-state index in [4.69, 9.17) is 0 Å². The minimum atomic E-state index is -0.161. The van der Waals surface area contributed by atoms with Crippen LogP contribution in [0, 0.1) is 12.8 Å². The summed E-state index contributed by atoms with van der Waals surface area (Å²) in [6.07, 6.45) is 2.57. The summed E-state index contributed by atoms with van der Waals surface area (Å²) in [6, 6.07) is 14.6. The van der Waals surface area contributed by atoms with Crippen LogP contribution in [0.15, 0.2) is 48.5 Å². The van der Waals surface area contributed by atoms with Crippen LogP contribution in [0.4, 0.5) is 11.4 Å². The molecule has 1 aliphatic heterocycles. The van der Waals surface area contributed by atoms with Gasteiger partial charge in [-0.05, 0) is 68.6 Å². The third-order valence-electron chi connectivity index (χ3n) is 4.83. The van der Waals surface area contributed by atoms with E-state index in [0.717, 1.165) is 37.2 Å². The highest BCUT2D eigenvalue weighted by atomic mass is 16.2. The molecule has 5 heteroatoms. The predicted octanol–water partition coefficient (Wildman–Crippen LogP) is 3.58. The zero-order valence-electron chi connectivity index (χ0n) is 15.0. The zero-order valence-corrected chi connectivity index (χ0v) is 15.0. The summed E-state index contributed by atoms with van der Waals surface area (Å²) in [7, 11) is 0. The molecule has 26 heavy (non-hydrogen) atoms. The molecule has 0 aromatic heterocycles. The fourth-order valence-corrected chi connectivity index (χ4v) is 3.20. The lowest BCUT2D eigenvalue weighted by molar-refractivity contribution is -0.116. The summed E-state index contributed by atoms with van der Waals surface area (Å²) in [5.74, 6) is 0.454. The molecular weight excluding hydrogens is 326 g/mol. The average molecular weight is 351 g/mol. The van der Waals surface area contributed by atoms with Crippen LogP contribution in [0.2, 0.25) is 0 Å². The van der Waals surface area contributed by atoms with Crippen molar-refractivity contribution in [3.63, 3.8) is 0 Å². The maximum atomic E-state index is 12.3. The Morgan fingerprint density at radius 2 is 1.77 bits per heavy atom. The second-order valence-corrected chi connectivity index (χ2v) is 6.74. The largest absolute Gasteiger partial charge is 0.326 e. The first-order chi connectivity index (χ1) is 12.6. The summed E-state index contributed by atoms with van der Waals surface area (Å²) in [5.41, 5.74) is 2.90. The van der Waals surface area contributed by atoms with Crippen molar-refractivity contribution in [2.75, 3.05) is 23.7 Å². The fourth-order valence-electron chi connectivity index (χ4n) is 3.20. The molecule has 2 aromatic rings. The Balaban J connectivity index is 1.61. The quantitative estimate of drug-likeness (QED) is 0.745. The second-order valence-electron chi connectivity index (χ2n) is 6.74. The van der Waals surface area contributed by atoms with Crippen molar-refractivity contribution in [2.24, 2.45) is 5.92 Å². The first-order valence-corrected chi connectivity index (χ1v) is 9.10. The van der Waals surface area contributed by atoms with E-state index in [1.54, 1.807) is 12.1 Å². The summed E-state index contributed by atoms with van der Waals surface area (Å²) >= 11 is 0. The van der Waals surface area contributed by atoms with Gasteiger partial charge in [0.1, 0.15) is 0 Å². The molecule has 1 fully saturated rings. The minimum Gasteiger partial charge on any atom is -0.326 e. The van der Waals surface area contributed by atoms with Gasteiger partial charge in [0, 0.05) is 23.4 Å². The smallest absolute Gasteiger partial charge is 0.255 e. The van der Waals surface area contributed by atoms with Gasteiger partial charge in [-0.25, -0.2) is 0 Å². The number of carbonyl (C=O) groups excluding carboxylic acids is 2. The first-order valence-electron chi connectivity index (χ1n) is 9.10. The molecule has 0 bridgehead atoms. The van der Waals surface area contributed by atoms with Crippen LogP contribution >= 0.6 is 0 Å². The maximum absolute atomic E-state index is 12.3. The molecule has 0 saturated carbocycles. The Bertz CT molecular complexity index is 768. The summed E-state index contributed by atoms with van der Waals surface area (Å²) < 4.78 is 0. The molecular formula is C21H25N3O2. The number of anilines is 2. The van der Waals surface area contributed by atoms with E-state index in [0.29, 0.717) is 23.6 Å². The summed E-state index contributed by atoms with van der Waals surface area (Å²) in [5, 5.41) is 9.22. The molecule has 1 atom stereocenters. The van der Waals surface area contributed by atoms with E-state index in [1.807, 2.05) is 43.3 Å². The number of amides is 2. The Morgan fingerprint density at radius 3 is 2.46 bits per heavy atom. The maximum Gasteiger partial charge on any atom is 0.255 e. The van der Waals surface area contributed by atoms with Gasteiger partial charge in [0.15, 0.2) is 0 Å². The van der Waals surface area contributed by atoms with Crippen LogP contribution < -0.4 is 16.0 Å². The van der Waals surface area contributed by atoms with Crippen molar-refractivity contribution in [3.8, 4) is 0 Å². The highest BCUT2D eigenvalue weighted by Gasteiger charge is 2.16. The molecule has 0 spiro atoms. The van der Waals surface area contributed by atoms with Gasteiger partial charge >= 0.3 is 0 Å². The highest BCUT2D eigenvalue weighted by molar-refractivity contribution is 6.05. The minimum absolute atomic E-state index is 0.0199. The molecule has 0 radical (unpaired) electrons. The van der Waals surface area contributed by atoms with Gasteiger partial charge in [0.2, 0.25) is 5.91 Å². The van der Waals surface area contributed by atoms with Crippen molar-refractivity contribution < 1.29 is 9.59 Å². The fraction of sp³-hybridized carbons (Fsp3) is 0.333. The van der Waals surface area contributed by atoms with Gasteiger partial charge in [-0.2, -0.15) is 0 Å². The molecule has 2 amide bonds. The van der Waals surface area contributed by atoms with Crippen molar-refractivity contribution >= 4 is 23.2 Å². The molecule has 0 aliphatic carbocycles. The third-order valence-corrected chi connectivity index (χ3v) is 4.83. The number of rotatable bonds is 6. The van der Waals surface area contributed by atoms with Crippen molar-refractivity contribution in [1.82, 2.24) is 5.32 Å². The van der Waals surface area contributed by atoms with Crippen LogP contribution in [0.3, 0.4) is 0 Å². The van der Waals surface area contributed by atoms with Gasteiger partial charge in [0.25, 0.3) is 5.91 Å². The molecule has 3 N–H and O–H groups in total. The lowest BCUT2D eigenvalue weighted by Crippen LogP contribution is -2.17. The van der Waals surface area contributed by atoms with Gasteiger partial charge in [-0.1, -0.05) is 24.3 Å². The van der Waals surface area contributed by atoms with E-state index >= 15 is 0 Å². The van der Waals surface area contributed by atoms with E-state index in [-0.39, 0.29) is 11.8 Å². The normalized spacial score (nSPS) is 16.3. The Hall–Kier alpha value is -2.66. The van der Waals surface area contributed by atoms with Crippen LogP contribution in [0.5, 0.6) is 0 Å². The lowest BCUT2D eigenvalue weighted by Gasteiger charge is -2.14. The van der Waals surface area contributed by atoms with Crippen LogP contribution in [-0.2, 0) is 4.79 Å². The highest BCUT2D eigenvalue weighted by Crippen LogP contribution is 2.24. The van der Waals surface area contributed by atoms with Crippen molar-refractivity contribution in [1.29, 1.82) is 0 Å². The number of benzene rings is 2. The van der Waals surface area contributed by atoms with Crippen molar-refractivity contribution in [2.45, 2.75) is 26.2 Å². The van der Waals surface area contributed by atoms with Gasteiger partial charge in [-0.15, -0.1) is 0 Å². The van der Waals surface area contributed by atoms with Gasteiger partial charge in [-0.3, -0.25) is 9.59 Å². The molecule has 1 aliphatic rings. The van der Waals surface area contributed by atoms with Gasteiger partial charge < -0.3 is 16.0 Å². The number of hydrogen-bond donors (Lipinski definition) is 3. The lowest BCUT2D eigenvalue weighted by atomic mass is 10.0. The Labute approximate surface area is 154 Å². The first kappa shape index (κ1) is 18.1.